The van der Waals surface area contributed by atoms with Gasteiger partial charge in [-0.2, -0.15) is 0 Å². The highest BCUT2D eigenvalue weighted by atomic mass is 19.1. The molecule has 0 bridgehead atoms. The standard InChI is InChI=1S/C17H21FN4O2.C9H7N/c1-17(2,3)22(20)15-13(19)7-8-14(21-15)10-5-6-11(12(18)9-10)16(23)24-4;1-2-6-9-8(4-1)5-3-7-10-9/h5-9H,19-20H2,1-4H3;1-7H. The Bertz CT molecular complexity index is 1240. The van der Waals surface area contributed by atoms with Crippen LogP contribution >= 0.6 is 0 Å². The summed E-state index contributed by atoms with van der Waals surface area (Å²) in [6.45, 7) is 5.77. The van der Waals surface area contributed by atoms with Crippen LogP contribution in [0.5, 0.6) is 0 Å². The van der Waals surface area contributed by atoms with Gasteiger partial charge in [-0.05, 0) is 57.2 Å². The molecule has 0 aliphatic heterocycles. The molecule has 0 radical (unpaired) electrons. The normalized spacial score (nSPS) is 10.9. The van der Waals surface area contributed by atoms with Gasteiger partial charge in [-0.25, -0.2) is 20.0 Å². The molecular formula is C26H28FN5O2. The molecule has 2 aromatic carbocycles. The van der Waals surface area contributed by atoms with Crippen molar-refractivity contribution in [3.63, 3.8) is 0 Å². The molecule has 176 valence electrons. The summed E-state index contributed by atoms with van der Waals surface area (Å²) in [5.74, 6) is 5.08. The summed E-state index contributed by atoms with van der Waals surface area (Å²) in [7, 11) is 1.20. The number of carbonyl (C=O) groups excluding carboxylic acids is 1. The first-order valence-corrected chi connectivity index (χ1v) is 10.6. The molecule has 0 saturated heterocycles. The number of halogens is 1. The van der Waals surface area contributed by atoms with E-state index in [9.17, 15) is 9.18 Å². The number of rotatable bonds is 3. The number of carbonyl (C=O) groups is 1. The Balaban J connectivity index is 0.000000266. The number of hydrazine groups is 1. The van der Waals surface area contributed by atoms with Crippen LogP contribution < -0.4 is 16.6 Å². The lowest BCUT2D eigenvalue weighted by Gasteiger charge is -2.33. The molecule has 0 aliphatic rings. The van der Waals surface area contributed by atoms with E-state index >= 15 is 0 Å². The summed E-state index contributed by atoms with van der Waals surface area (Å²) < 4.78 is 18.6. The lowest BCUT2D eigenvalue weighted by atomic mass is 10.1. The molecule has 0 spiro atoms. The molecule has 0 fully saturated rings. The van der Waals surface area contributed by atoms with E-state index in [1.807, 2.05) is 51.2 Å². The van der Waals surface area contributed by atoms with Gasteiger partial charge in [0, 0.05) is 22.7 Å². The smallest absolute Gasteiger partial charge is 0.340 e. The van der Waals surface area contributed by atoms with Crippen molar-refractivity contribution in [2.75, 3.05) is 17.9 Å². The molecule has 0 unspecified atom stereocenters. The van der Waals surface area contributed by atoms with E-state index in [2.05, 4.69) is 26.8 Å². The van der Waals surface area contributed by atoms with Gasteiger partial charge in [0.2, 0.25) is 0 Å². The van der Waals surface area contributed by atoms with Crippen LogP contribution in [0, 0.1) is 5.82 Å². The van der Waals surface area contributed by atoms with E-state index in [0.29, 0.717) is 22.8 Å². The number of fused-ring (bicyclic) bond motifs is 1. The molecule has 4 N–H and O–H groups in total. The van der Waals surface area contributed by atoms with E-state index in [1.54, 1.807) is 18.2 Å². The highest BCUT2D eigenvalue weighted by Crippen LogP contribution is 2.29. The Morgan fingerprint density at radius 2 is 1.74 bits per heavy atom. The third-order valence-corrected chi connectivity index (χ3v) is 5.04. The predicted octanol–water partition coefficient (Wildman–Crippen LogP) is 4.97. The maximum Gasteiger partial charge on any atom is 0.340 e. The summed E-state index contributed by atoms with van der Waals surface area (Å²) in [6.07, 6.45) is 1.81. The first-order chi connectivity index (χ1) is 16.1. The first kappa shape index (κ1) is 24.6. The van der Waals surface area contributed by atoms with E-state index < -0.39 is 11.8 Å². The Labute approximate surface area is 198 Å². The molecule has 2 aromatic heterocycles. The Morgan fingerprint density at radius 3 is 2.38 bits per heavy atom. The van der Waals surface area contributed by atoms with Crippen molar-refractivity contribution in [2.24, 2.45) is 5.84 Å². The SMILES string of the molecule is COC(=O)c1ccc(-c2ccc(N)c(N(N)C(C)(C)C)n2)cc1F.c1ccc2ncccc2c1. The summed E-state index contributed by atoms with van der Waals surface area (Å²) in [6, 6.07) is 19.6. The molecule has 2 heterocycles. The maximum absolute atomic E-state index is 14.1. The largest absolute Gasteiger partial charge is 0.465 e. The Hall–Kier alpha value is -4.04. The van der Waals surface area contributed by atoms with E-state index in [0.717, 1.165) is 5.52 Å². The number of methoxy groups -OCH3 is 1. The van der Waals surface area contributed by atoms with Gasteiger partial charge < -0.3 is 10.5 Å². The topological polar surface area (TPSA) is 107 Å². The Morgan fingerprint density at radius 1 is 1.03 bits per heavy atom. The lowest BCUT2D eigenvalue weighted by molar-refractivity contribution is 0.0595. The van der Waals surface area contributed by atoms with Gasteiger partial charge in [0.25, 0.3) is 0 Å². The number of nitrogens with zero attached hydrogens (tertiary/aromatic N) is 3. The zero-order chi connectivity index (χ0) is 24.9. The van der Waals surface area contributed by atoms with Crippen LogP contribution in [-0.2, 0) is 4.74 Å². The minimum atomic E-state index is -0.731. The lowest BCUT2D eigenvalue weighted by Crippen LogP contribution is -2.47. The van der Waals surface area contributed by atoms with Crippen molar-refractivity contribution in [1.82, 2.24) is 9.97 Å². The van der Waals surface area contributed by atoms with Crippen LogP contribution in [-0.4, -0.2) is 28.6 Å². The predicted molar refractivity (Wildman–Crippen MR) is 134 cm³/mol. The monoisotopic (exact) mass is 461 g/mol. The molecule has 4 aromatic rings. The number of nitrogen functional groups attached to an aromatic ring is 1. The van der Waals surface area contributed by atoms with Gasteiger partial charge >= 0.3 is 5.97 Å². The number of esters is 1. The first-order valence-electron chi connectivity index (χ1n) is 10.6. The molecular weight excluding hydrogens is 433 g/mol. The minimum Gasteiger partial charge on any atom is -0.465 e. The molecule has 0 aliphatic carbocycles. The van der Waals surface area contributed by atoms with Gasteiger partial charge in [0.15, 0.2) is 5.82 Å². The number of nitrogens with two attached hydrogens (primary N) is 2. The number of para-hydroxylation sites is 1. The highest BCUT2D eigenvalue weighted by Gasteiger charge is 2.22. The van der Waals surface area contributed by atoms with Gasteiger partial charge in [-0.3, -0.25) is 9.99 Å². The van der Waals surface area contributed by atoms with Crippen molar-refractivity contribution in [3.8, 4) is 11.3 Å². The fourth-order valence-corrected chi connectivity index (χ4v) is 3.10. The third kappa shape index (κ3) is 5.65. The fraction of sp³-hybridized carbons (Fsp3) is 0.192. The number of hydrogen-bond donors (Lipinski definition) is 2. The molecule has 0 saturated carbocycles. The summed E-state index contributed by atoms with van der Waals surface area (Å²) in [4.78, 5) is 20.1. The van der Waals surface area contributed by atoms with Crippen LogP contribution in [0.25, 0.3) is 22.2 Å². The highest BCUT2D eigenvalue weighted by molar-refractivity contribution is 5.90. The van der Waals surface area contributed by atoms with Crippen molar-refractivity contribution in [3.05, 3.63) is 84.3 Å². The van der Waals surface area contributed by atoms with E-state index in [4.69, 9.17) is 11.6 Å². The number of benzene rings is 2. The molecule has 4 rings (SSSR count). The number of ether oxygens (including phenoxy) is 1. The average molecular weight is 462 g/mol. The fourth-order valence-electron chi connectivity index (χ4n) is 3.10. The average Bonchev–Trinajstić information content (AvgIpc) is 2.83. The van der Waals surface area contributed by atoms with Crippen LogP contribution in [0.3, 0.4) is 0 Å². The van der Waals surface area contributed by atoms with E-state index in [1.165, 1.54) is 29.6 Å². The molecule has 8 heteroatoms. The molecule has 7 nitrogen and oxygen atoms in total. The molecule has 0 atom stereocenters. The second-order valence-corrected chi connectivity index (χ2v) is 8.53. The number of aromatic nitrogens is 2. The zero-order valence-corrected chi connectivity index (χ0v) is 19.6. The zero-order valence-electron chi connectivity index (χ0n) is 19.6. The second kappa shape index (κ2) is 10.3. The van der Waals surface area contributed by atoms with Crippen molar-refractivity contribution in [1.29, 1.82) is 0 Å². The summed E-state index contributed by atoms with van der Waals surface area (Å²) >= 11 is 0. The number of hydrogen-bond acceptors (Lipinski definition) is 7. The van der Waals surface area contributed by atoms with Gasteiger partial charge in [-0.15, -0.1) is 0 Å². The van der Waals surface area contributed by atoms with Gasteiger partial charge in [0.05, 0.1) is 29.6 Å². The summed E-state index contributed by atoms with van der Waals surface area (Å²) in [5.41, 5.74) is 7.91. The number of pyridine rings is 2. The van der Waals surface area contributed by atoms with Crippen LogP contribution in [0.15, 0.2) is 72.9 Å². The molecule has 34 heavy (non-hydrogen) atoms. The second-order valence-electron chi connectivity index (χ2n) is 8.53. The van der Waals surface area contributed by atoms with Crippen LogP contribution in [0.2, 0.25) is 0 Å². The van der Waals surface area contributed by atoms with E-state index in [-0.39, 0.29) is 11.1 Å². The third-order valence-electron chi connectivity index (χ3n) is 5.04. The Kier molecular flexibility index (Phi) is 7.43. The van der Waals surface area contributed by atoms with Crippen molar-refractivity contribution in [2.45, 2.75) is 26.3 Å². The quantitative estimate of drug-likeness (QED) is 0.252. The number of anilines is 2. The minimum absolute atomic E-state index is 0.132. The van der Waals surface area contributed by atoms with Crippen LogP contribution in [0.4, 0.5) is 15.9 Å². The van der Waals surface area contributed by atoms with Gasteiger partial charge in [0.1, 0.15) is 5.82 Å². The van der Waals surface area contributed by atoms with Crippen molar-refractivity contribution < 1.29 is 13.9 Å². The van der Waals surface area contributed by atoms with Crippen molar-refractivity contribution >= 4 is 28.4 Å². The van der Waals surface area contributed by atoms with Crippen LogP contribution in [0.1, 0.15) is 31.1 Å². The summed E-state index contributed by atoms with van der Waals surface area (Å²) in [5, 5.41) is 2.66. The van der Waals surface area contributed by atoms with Gasteiger partial charge in [-0.1, -0.05) is 30.3 Å². The maximum atomic E-state index is 14.1. The molecule has 0 amide bonds.